The number of hydrogen-bond acceptors (Lipinski definition) is 9. The summed E-state index contributed by atoms with van der Waals surface area (Å²) in [5.74, 6) is -1.37. The van der Waals surface area contributed by atoms with E-state index >= 15 is 0 Å². The van der Waals surface area contributed by atoms with Gasteiger partial charge in [-0.2, -0.15) is 0 Å². The molecule has 1 unspecified atom stereocenters. The third-order valence-corrected chi connectivity index (χ3v) is 8.49. The van der Waals surface area contributed by atoms with Crippen LogP contribution in [0.15, 0.2) is 81.2 Å². The average molecular weight is 589 g/mol. The summed E-state index contributed by atoms with van der Waals surface area (Å²) in [6, 6.07) is 15.5. The lowest BCUT2D eigenvalue weighted by atomic mass is 10.0. The van der Waals surface area contributed by atoms with E-state index < -0.39 is 29.3 Å². The molecule has 1 saturated heterocycles. The summed E-state index contributed by atoms with van der Waals surface area (Å²) in [4.78, 5) is 53.3. The summed E-state index contributed by atoms with van der Waals surface area (Å²) in [7, 11) is 1.55. The second-order valence-electron chi connectivity index (χ2n) is 8.37. The fraction of sp³-hybridized carbons (Fsp3) is 0.259. The Labute approximate surface area is 238 Å². The number of fused-ring (bicyclic) bond motifs is 1. The van der Waals surface area contributed by atoms with E-state index in [0.717, 1.165) is 4.90 Å². The smallest absolute Gasteiger partial charge is 0.355 e. The zero-order chi connectivity index (χ0) is 27.9. The molecule has 2 amide bonds. The molecule has 2 aliphatic rings. The van der Waals surface area contributed by atoms with Crippen molar-refractivity contribution in [1.82, 2.24) is 10.2 Å². The summed E-state index contributed by atoms with van der Waals surface area (Å²) in [6.45, 7) is 0.887. The molecule has 204 valence electrons. The Morgan fingerprint density at radius 3 is 2.44 bits per heavy atom. The second-order valence-corrected chi connectivity index (χ2v) is 10.8. The molecule has 1 N–H and O–H groups in total. The van der Waals surface area contributed by atoms with E-state index in [-0.39, 0.29) is 36.1 Å². The molecule has 0 aromatic heterocycles. The fourth-order valence-electron chi connectivity index (χ4n) is 3.86. The standard InChI is InChI=1S/C27H25ClN2O7S2/c1-16(31)36-14-20-21(12-28)39-26-23(29-22(32)15-38-19-6-4-3-5-7-19)25(33)30(26)24(20)27(34)37-13-17-8-10-18(35-2)11-9-17/h3-12,23,26H,13-15H2,1-2H3,(H,29,32)/t23?,26-/m0/s1. The zero-order valence-electron chi connectivity index (χ0n) is 21.0. The largest absolute Gasteiger partial charge is 0.497 e. The van der Waals surface area contributed by atoms with Gasteiger partial charge in [0.2, 0.25) is 5.91 Å². The Hall–Kier alpha value is -3.41. The first-order chi connectivity index (χ1) is 18.8. The summed E-state index contributed by atoms with van der Waals surface area (Å²) in [6.07, 6.45) is 0. The molecule has 4 rings (SSSR count). The molecule has 0 aliphatic carbocycles. The van der Waals surface area contributed by atoms with Gasteiger partial charge in [0.15, 0.2) is 0 Å². The zero-order valence-corrected chi connectivity index (χ0v) is 23.4. The first-order valence-corrected chi connectivity index (χ1v) is 14.1. The minimum atomic E-state index is -0.870. The Bertz CT molecular complexity index is 1320. The van der Waals surface area contributed by atoms with Crippen molar-refractivity contribution >= 4 is 58.9 Å². The number of amides is 2. The molecule has 2 aromatic carbocycles. The van der Waals surface area contributed by atoms with Crippen molar-refractivity contribution in [3.8, 4) is 5.75 Å². The van der Waals surface area contributed by atoms with Crippen LogP contribution >= 0.6 is 35.1 Å². The van der Waals surface area contributed by atoms with E-state index in [4.69, 9.17) is 25.8 Å². The van der Waals surface area contributed by atoms with Crippen LogP contribution < -0.4 is 10.1 Å². The molecule has 0 spiro atoms. The molecule has 12 heteroatoms. The number of carbonyl (C=O) groups is 4. The maximum Gasteiger partial charge on any atom is 0.355 e. The molecule has 0 bridgehead atoms. The van der Waals surface area contributed by atoms with Gasteiger partial charge in [-0.25, -0.2) is 4.79 Å². The highest BCUT2D eigenvalue weighted by atomic mass is 35.5. The molecular formula is C27H25ClN2O7S2. The minimum Gasteiger partial charge on any atom is -0.497 e. The lowest BCUT2D eigenvalue weighted by Gasteiger charge is -2.50. The number of esters is 2. The van der Waals surface area contributed by atoms with Gasteiger partial charge in [-0.3, -0.25) is 19.3 Å². The summed E-state index contributed by atoms with van der Waals surface area (Å²) >= 11 is 8.63. The van der Waals surface area contributed by atoms with Crippen LogP contribution in [0, 0.1) is 0 Å². The van der Waals surface area contributed by atoms with Gasteiger partial charge in [-0.1, -0.05) is 53.7 Å². The number of hydrogen-bond donors (Lipinski definition) is 1. The molecule has 2 aliphatic heterocycles. The van der Waals surface area contributed by atoms with Gasteiger partial charge in [-0.15, -0.1) is 11.8 Å². The van der Waals surface area contributed by atoms with Gasteiger partial charge in [-0.05, 0) is 29.8 Å². The number of carbonyl (C=O) groups excluding carboxylic acids is 4. The number of nitrogens with zero attached hydrogens (tertiary/aromatic N) is 1. The highest BCUT2D eigenvalue weighted by Crippen LogP contribution is 2.47. The molecule has 2 aromatic rings. The van der Waals surface area contributed by atoms with Crippen molar-refractivity contribution in [3.05, 3.63) is 81.9 Å². The highest BCUT2D eigenvalue weighted by Gasteiger charge is 2.55. The lowest BCUT2D eigenvalue weighted by Crippen LogP contribution is -2.70. The van der Waals surface area contributed by atoms with Crippen LogP contribution in [0.5, 0.6) is 5.75 Å². The molecule has 1 fully saturated rings. The summed E-state index contributed by atoms with van der Waals surface area (Å²) in [5, 5.41) is 2.13. The van der Waals surface area contributed by atoms with Crippen LogP contribution in [-0.2, 0) is 35.3 Å². The number of rotatable bonds is 10. The average Bonchev–Trinajstić information content (AvgIpc) is 2.96. The van der Waals surface area contributed by atoms with Crippen molar-refractivity contribution in [2.75, 3.05) is 19.5 Å². The van der Waals surface area contributed by atoms with Crippen LogP contribution in [0.25, 0.3) is 0 Å². The van der Waals surface area contributed by atoms with Gasteiger partial charge >= 0.3 is 11.9 Å². The van der Waals surface area contributed by atoms with Crippen LogP contribution in [-0.4, -0.2) is 59.5 Å². The Morgan fingerprint density at radius 2 is 1.79 bits per heavy atom. The Balaban J connectivity index is 1.51. The second kappa shape index (κ2) is 13.1. The molecule has 0 radical (unpaired) electrons. The number of nitrogens with one attached hydrogen (secondary N) is 1. The molecule has 9 nitrogen and oxygen atoms in total. The van der Waals surface area contributed by atoms with E-state index in [1.54, 1.807) is 31.4 Å². The summed E-state index contributed by atoms with van der Waals surface area (Å²) < 4.78 is 15.8. The SMILES string of the molecule is COc1ccc(COC(=O)C2=C(COC(C)=O)C(=CCl)S[C@H]3C(NC(=O)CSc4ccccc4)C(=O)N23)cc1. The van der Waals surface area contributed by atoms with Crippen molar-refractivity contribution < 1.29 is 33.4 Å². The maximum atomic E-state index is 13.3. The molecule has 39 heavy (non-hydrogen) atoms. The Kier molecular flexibility index (Phi) is 9.60. The quantitative estimate of drug-likeness (QED) is 0.251. The van der Waals surface area contributed by atoms with E-state index in [2.05, 4.69) is 5.32 Å². The number of thioether (sulfide) groups is 2. The normalized spacial score (nSPS) is 19.2. The van der Waals surface area contributed by atoms with Crippen LogP contribution in [0.1, 0.15) is 12.5 Å². The topological polar surface area (TPSA) is 111 Å². The van der Waals surface area contributed by atoms with Gasteiger partial charge in [0.25, 0.3) is 5.91 Å². The molecule has 2 atom stereocenters. The van der Waals surface area contributed by atoms with Crippen molar-refractivity contribution in [1.29, 1.82) is 0 Å². The van der Waals surface area contributed by atoms with Crippen molar-refractivity contribution in [2.24, 2.45) is 0 Å². The van der Waals surface area contributed by atoms with Crippen molar-refractivity contribution in [3.63, 3.8) is 0 Å². The van der Waals surface area contributed by atoms with E-state index in [9.17, 15) is 19.2 Å². The van der Waals surface area contributed by atoms with Crippen LogP contribution in [0.3, 0.4) is 0 Å². The number of β-lactam (4-membered cyclic amide) rings is 1. The van der Waals surface area contributed by atoms with Gasteiger partial charge < -0.3 is 19.5 Å². The number of halogens is 1. The third kappa shape index (κ3) is 6.78. The van der Waals surface area contributed by atoms with E-state index in [0.29, 0.717) is 16.2 Å². The number of benzene rings is 2. The predicted octanol–water partition coefficient (Wildman–Crippen LogP) is 3.83. The maximum absolute atomic E-state index is 13.3. The predicted molar refractivity (Wildman–Crippen MR) is 148 cm³/mol. The van der Waals surface area contributed by atoms with Gasteiger partial charge in [0, 0.05) is 27.8 Å². The highest BCUT2D eigenvalue weighted by molar-refractivity contribution is 8.04. The van der Waals surface area contributed by atoms with Gasteiger partial charge in [0.05, 0.1) is 12.9 Å². The van der Waals surface area contributed by atoms with E-state index in [1.165, 1.54) is 40.9 Å². The number of methoxy groups -OCH3 is 1. The Morgan fingerprint density at radius 1 is 1.08 bits per heavy atom. The summed E-state index contributed by atoms with van der Waals surface area (Å²) in [5.41, 5.74) is 2.13. The fourth-order valence-corrected chi connectivity index (χ4v) is 6.13. The number of ether oxygens (including phenoxy) is 3. The molecule has 0 saturated carbocycles. The molecular weight excluding hydrogens is 564 g/mol. The van der Waals surface area contributed by atoms with E-state index in [1.807, 2.05) is 30.3 Å². The van der Waals surface area contributed by atoms with Crippen LogP contribution in [0.4, 0.5) is 0 Å². The lowest BCUT2D eigenvalue weighted by molar-refractivity contribution is -0.153. The monoisotopic (exact) mass is 588 g/mol. The van der Waals surface area contributed by atoms with Crippen molar-refractivity contribution in [2.45, 2.75) is 29.8 Å². The third-order valence-electron chi connectivity index (χ3n) is 5.79. The first-order valence-electron chi connectivity index (χ1n) is 11.8. The minimum absolute atomic E-state index is 0.0657. The van der Waals surface area contributed by atoms with Gasteiger partial charge in [0.1, 0.15) is 36.1 Å². The van der Waals surface area contributed by atoms with Crippen LogP contribution in [0.2, 0.25) is 0 Å². The molecule has 2 heterocycles. The first kappa shape index (κ1) is 28.6.